The van der Waals surface area contributed by atoms with Gasteiger partial charge in [0.15, 0.2) is 11.6 Å². The number of ketones is 2. The van der Waals surface area contributed by atoms with Gasteiger partial charge in [0.2, 0.25) is 0 Å². The van der Waals surface area contributed by atoms with Gasteiger partial charge in [-0.2, -0.15) is 0 Å². The first-order valence-corrected chi connectivity index (χ1v) is 17.3. The molecule has 0 saturated heterocycles. The van der Waals surface area contributed by atoms with Crippen LogP contribution in [0.3, 0.4) is 0 Å². The third-order valence-electron chi connectivity index (χ3n) is 8.67. The van der Waals surface area contributed by atoms with E-state index < -0.39 is 68.8 Å². The quantitative estimate of drug-likeness (QED) is 0.0569. The maximum atomic E-state index is 12.7. The zero-order valence-electron chi connectivity index (χ0n) is 30.1. The number of hydrogen-bond donors (Lipinski definition) is 4. The topological polar surface area (TPSA) is 202 Å². The Morgan fingerprint density at radius 1 is 0.379 bits per heavy atom. The number of benzene rings is 6. The zero-order valence-corrected chi connectivity index (χ0v) is 30.1. The fourth-order valence-corrected chi connectivity index (χ4v) is 5.94. The maximum absolute atomic E-state index is 12.7. The largest absolute Gasteiger partial charge is 0.478 e. The minimum absolute atomic E-state index is 0.115. The normalized spacial score (nSPS) is 11.0. The number of hydrogen-bond acceptors (Lipinski definition) is 8. The van der Waals surface area contributed by atoms with Gasteiger partial charge >= 0.3 is 23.9 Å². The molecule has 0 amide bonds. The van der Waals surface area contributed by atoms with Crippen LogP contribution in [0.1, 0.15) is 73.3 Å². The van der Waals surface area contributed by atoms with Crippen molar-refractivity contribution >= 4 is 47.6 Å². The third kappa shape index (κ3) is 8.94. The lowest BCUT2D eigenvalue weighted by molar-refractivity contribution is 0.0647. The molecule has 6 aromatic rings. The second-order valence-electron chi connectivity index (χ2n) is 12.4. The third-order valence-corrected chi connectivity index (χ3v) is 8.67. The molecule has 0 aliphatic carbocycles. The highest BCUT2D eigenvalue weighted by atomic mass is 16.5. The number of carboxylic acid groups (broad SMARTS) is 4. The van der Waals surface area contributed by atoms with E-state index in [-0.39, 0.29) is 23.1 Å². The minimum atomic E-state index is -1.76. The first-order valence-electron chi connectivity index (χ1n) is 17.3. The summed E-state index contributed by atoms with van der Waals surface area (Å²) in [6.45, 7) is 0. The molecule has 0 saturated carbocycles. The van der Waals surface area contributed by atoms with Crippen LogP contribution < -0.4 is 9.47 Å². The molecule has 0 atom stereocenters. The molecule has 0 fully saturated rings. The van der Waals surface area contributed by atoms with Crippen molar-refractivity contribution in [2.24, 2.45) is 0 Å². The molecule has 286 valence electrons. The summed E-state index contributed by atoms with van der Waals surface area (Å²) in [7, 11) is 0. The Bertz CT molecular complexity index is 2440. The number of aromatic carboxylic acids is 4. The van der Waals surface area contributed by atoms with Gasteiger partial charge in [-0.25, -0.2) is 19.2 Å². The van der Waals surface area contributed by atoms with Gasteiger partial charge in [-0.15, -0.1) is 0 Å². The highest BCUT2D eigenvalue weighted by Gasteiger charge is 2.32. The molecule has 4 N–H and O–H groups in total. The van der Waals surface area contributed by atoms with Gasteiger partial charge in [-0.1, -0.05) is 97.1 Å². The molecule has 0 unspecified atom stereocenters. The van der Waals surface area contributed by atoms with Crippen molar-refractivity contribution in [1.82, 2.24) is 0 Å². The zero-order chi connectivity index (χ0) is 41.3. The number of rotatable bonds is 15. The van der Waals surface area contributed by atoms with Crippen molar-refractivity contribution < 1.29 is 58.7 Å². The van der Waals surface area contributed by atoms with Crippen LogP contribution >= 0.6 is 0 Å². The van der Waals surface area contributed by atoms with E-state index in [0.717, 1.165) is 24.3 Å². The summed E-state index contributed by atoms with van der Waals surface area (Å²) >= 11 is 0. The summed E-state index contributed by atoms with van der Waals surface area (Å²) in [5.41, 5.74) is -1.95. The predicted molar refractivity (Wildman–Crippen MR) is 212 cm³/mol. The van der Waals surface area contributed by atoms with Gasteiger partial charge in [0.25, 0.3) is 0 Å². The number of allylic oxidation sites excluding steroid dienone is 2. The van der Waals surface area contributed by atoms with E-state index >= 15 is 0 Å². The van der Waals surface area contributed by atoms with Crippen LogP contribution in [0.2, 0.25) is 0 Å². The van der Waals surface area contributed by atoms with Crippen molar-refractivity contribution in [3.05, 3.63) is 190 Å². The Hall–Kier alpha value is -8.38. The van der Waals surface area contributed by atoms with Crippen molar-refractivity contribution in [3.8, 4) is 34.1 Å². The fourth-order valence-electron chi connectivity index (χ4n) is 5.94. The SMILES string of the molecule is O=C(C=Cc1ccc(Oc2ccc(-c3ccc(Oc4ccc(C=CC(=O)c5ccccc5)cc4)c(C(=O)O)c3C(=O)O)c(C(=O)O)c2C(=O)O)cc1)c1ccccc1. The van der Waals surface area contributed by atoms with Crippen LogP contribution in [-0.2, 0) is 0 Å². The Labute approximate surface area is 329 Å². The van der Waals surface area contributed by atoms with Crippen LogP contribution in [0.5, 0.6) is 23.0 Å². The number of ether oxygens (including phenoxy) is 2. The maximum Gasteiger partial charge on any atom is 0.340 e. The van der Waals surface area contributed by atoms with Crippen molar-refractivity contribution in [1.29, 1.82) is 0 Å². The first kappa shape index (κ1) is 39.3. The van der Waals surface area contributed by atoms with Crippen molar-refractivity contribution in [2.45, 2.75) is 0 Å². The average molecular weight is 775 g/mol. The molecular formula is C46H30O12. The molecule has 6 aromatic carbocycles. The van der Waals surface area contributed by atoms with Crippen LogP contribution in [-0.4, -0.2) is 55.9 Å². The Kier molecular flexibility index (Phi) is 11.8. The molecule has 58 heavy (non-hydrogen) atoms. The van der Waals surface area contributed by atoms with Crippen molar-refractivity contribution in [3.63, 3.8) is 0 Å². The molecule has 0 aromatic heterocycles. The smallest absolute Gasteiger partial charge is 0.340 e. The summed E-state index contributed by atoms with van der Waals surface area (Å²) in [5, 5.41) is 41.1. The van der Waals surface area contributed by atoms with Crippen LogP contribution in [0.15, 0.2) is 146 Å². The molecule has 0 bridgehead atoms. The Balaban J connectivity index is 1.30. The lowest BCUT2D eigenvalue weighted by Gasteiger charge is -2.18. The second kappa shape index (κ2) is 17.4. The number of carbonyl (C=O) groups is 6. The second-order valence-corrected chi connectivity index (χ2v) is 12.4. The molecule has 0 spiro atoms. The standard InChI is InChI=1S/C46H30O12/c47-35(29-7-3-1-4-8-29)23-15-27-11-17-31(18-12-27)57-37-25-21-33(39(43(49)50)41(37)45(53)54)34-22-26-38(42(46(55)56)40(34)44(51)52)58-32-19-13-28(14-20-32)16-24-36(48)30-9-5-2-6-10-30/h1-26H,(H,49,50)(H,51,52)(H,53,54)(H,55,56). The number of carboxylic acids is 4. The van der Waals surface area contributed by atoms with E-state index in [4.69, 9.17) is 9.47 Å². The van der Waals surface area contributed by atoms with Gasteiger partial charge in [0.05, 0.1) is 11.1 Å². The molecular weight excluding hydrogens is 744 g/mol. The van der Waals surface area contributed by atoms with Gasteiger partial charge in [0.1, 0.15) is 34.1 Å². The summed E-state index contributed by atoms with van der Waals surface area (Å²) < 4.78 is 11.6. The van der Waals surface area contributed by atoms with E-state index in [0.29, 0.717) is 22.3 Å². The lowest BCUT2D eigenvalue weighted by atomic mass is 9.89. The highest BCUT2D eigenvalue weighted by molar-refractivity contribution is 6.13. The molecule has 12 nitrogen and oxygen atoms in total. The summed E-state index contributed by atoms with van der Waals surface area (Å²) in [6, 6.07) is 34.1. The Morgan fingerprint density at radius 2 is 0.707 bits per heavy atom. The molecule has 0 aliphatic heterocycles. The molecule has 6 rings (SSSR count). The monoisotopic (exact) mass is 774 g/mol. The average Bonchev–Trinajstić information content (AvgIpc) is 3.23. The van der Waals surface area contributed by atoms with Crippen LogP contribution in [0.4, 0.5) is 0 Å². The molecule has 0 aliphatic rings. The lowest BCUT2D eigenvalue weighted by Crippen LogP contribution is -2.15. The number of carbonyl (C=O) groups excluding carboxylic acids is 2. The van der Waals surface area contributed by atoms with E-state index in [1.807, 2.05) is 0 Å². The molecule has 0 radical (unpaired) electrons. The van der Waals surface area contributed by atoms with Crippen LogP contribution in [0.25, 0.3) is 23.3 Å². The fraction of sp³-hybridized carbons (Fsp3) is 0. The van der Waals surface area contributed by atoms with E-state index in [1.165, 1.54) is 36.4 Å². The van der Waals surface area contributed by atoms with E-state index in [1.54, 1.807) is 97.1 Å². The molecule has 0 heterocycles. The predicted octanol–water partition coefficient (Wildman–Crippen LogP) is 9.52. The Morgan fingerprint density at radius 3 is 1.02 bits per heavy atom. The van der Waals surface area contributed by atoms with Crippen molar-refractivity contribution in [2.75, 3.05) is 0 Å². The van der Waals surface area contributed by atoms with Gasteiger partial charge in [-0.05, 0) is 82.9 Å². The summed E-state index contributed by atoms with van der Waals surface area (Å²) in [4.78, 5) is 75.5. The van der Waals surface area contributed by atoms with E-state index in [2.05, 4.69) is 0 Å². The van der Waals surface area contributed by atoms with Crippen LogP contribution in [0, 0.1) is 0 Å². The summed E-state index contributed by atoms with van der Waals surface area (Å²) in [6.07, 6.45) is 5.93. The summed E-state index contributed by atoms with van der Waals surface area (Å²) in [5.74, 6) is -7.94. The molecule has 12 heteroatoms. The minimum Gasteiger partial charge on any atom is -0.478 e. The van der Waals surface area contributed by atoms with Gasteiger partial charge in [0, 0.05) is 11.1 Å². The first-order chi connectivity index (χ1) is 27.9. The van der Waals surface area contributed by atoms with Gasteiger partial charge < -0.3 is 29.9 Å². The van der Waals surface area contributed by atoms with Gasteiger partial charge in [-0.3, -0.25) is 9.59 Å². The van der Waals surface area contributed by atoms with E-state index in [9.17, 15) is 49.2 Å². The highest BCUT2D eigenvalue weighted by Crippen LogP contribution is 2.40.